The number of hydrogen-bond donors (Lipinski definition) is 2. The largest absolute Gasteiger partial charge is 0.379 e. The Labute approximate surface area is 52.1 Å². The lowest BCUT2D eigenvalue weighted by atomic mass is 9.81. The zero-order valence-electron chi connectivity index (χ0n) is 4.89. The van der Waals surface area contributed by atoms with E-state index in [9.17, 15) is 0 Å². The van der Waals surface area contributed by atoms with Gasteiger partial charge in [-0.2, -0.15) is 0 Å². The summed E-state index contributed by atoms with van der Waals surface area (Å²) in [6.07, 6.45) is 0. The quantitative estimate of drug-likeness (QED) is 0.382. The highest BCUT2D eigenvalue weighted by Crippen LogP contribution is 1.77. The van der Waals surface area contributed by atoms with Crippen molar-refractivity contribution in [3.8, 4) is 0 Å². The molecule has 0 amide bonds. The van der Waals surface area contributed by atoms with Crippen molar-refractivity contribution in [3.63, 3.8) is 0 Å². The lowest BCUT2D eigenvalue weighted by Gasteiger charge is -2.22. The van der Waals surface area contributed by atoms with E-state index < -0.39 is 0 Å². The normalized spacial score (nSPS) is 20.6. The summed E-state index contributed by atoms with van der Waals surface area (Å²) in [5.74, 6) is 0. The molecule has 6 heteroatoms. The van der Waals surface area contributed by atoms with Gasteiger partial charge in [-0.05, 0) is 6.54 Å². The molecule has 0 aliphatic carbocycles. The van der Waals surface area contributed by atoms with Gasteiger partial charge >= 0.3 is 0 Å². The zero-order valence-corrected chi connectivity index (χ0v) is 4.89. The van der Waals surface area contributed by atoms with Gasteiger partial charge < -0.3 is 15.0 Å². The van der Waals surface area contributed by atoms with Crippen molar-refractivity contribution in [2.24, 2.45) is 0 Å². The van der Waals surface area contributed by atoms with Gasteiger partial charge in [0.05, 0.1) is 0 Å². The van der Waals surface area contributed by atoms with Gasteiger partial charge in [-0.15, -0.1) is 0 Å². The first kappa shape index (κ1) is 6.20. The number of hydrogen-bond acceptors (Lipinski definition) is 3. The summed E-state index contributed by atoms with van der Waals surface area (Å²) in [5.41, 5.74) is 0. The third kappa shape index (κ3) is 1.54. The lowest BCUT2D eigenvalue weighted by molar-refractivity contribution is 0.694. The predicted molar refractivity (Wildman–Crippen MR) is 35.9 cm³/mol. The maximum Gasteiger partial charge on any atom is 0.287 e. The Morgan fingerprint density at radius 1 is 1.38 bits per heavy atom. The molecule has 1 aliphatic heterocycles. The Morgan fingerprint density at radius 2 is 2.00 bits per heavy atom. The summed E-state index contributed by atoms with van der Waals surface area (Å²) >= 11 is 0. The van der Waals surface area contributed by atoms with E-state index in [0.29, 0.717) is 0 Å². The van der Waals surface area contributed by atoms with E-state index >= 15 is 0 Å². The van der Waals surface area contributed by atoms with Crippen molar-refractivity contribution in [1.29, 1.82) is 0 Å². The van der Waals surface area contributed by atoms with Crippen molar-refractivity contribution >= 4 is 22.6 Å². The molecule has 8 heavy (non-hydrogen) atoms. The lowest BCUT2D eigenvalue weighted by Crippen LogP contribution is -2.57. The van der Waals surface area contributed by atoms with Gasteiger partial charge in [-0.1, -0.05) is 6.92 Å². The smallest absolute Gasteiger partial charge is 0.287 e. The summed E-state index contributed by atoms with van der Waals surface area (Å²) in [4.78, 5) is 0. The van der Waals surface area contributed by atoms with Crippen molar-refractivity contribution in [1.82, 2.24) is 15.0 Å². The van der Waals surface area contributed by atoms with E-state index in [4.69, 9.17) is 0 Å². The van der Waals surface area contributed by atoms with Crippen molar-refractivity contribution in [2.75, 3.05) is 6.54 Å². The molecule has 0 unspecified atom stereocenters. The topological polar surface area (TPSA) is 27.3 Å². The monoisotopic (exact) mass is 106 g/mol. The van der Waals surface area contributed by atoms with E-state index in [-0.39, 0.29) is 0 Å². The molecule has 1 aliphatic rings. The fraction of sp³-hybridized carbons (Fsp3) is 1.00. The first-order chi connectivity index (χ1) is 3.93. The second-order valence-electron chi connectivity index (χ2n) is 1.57. The fourth-order valence-corrected chi connectivity index (χ4v) is 0.534. The summed E-state index contributed by atoms with van der Waals surface area (Å²) in [6.45, 7) is 3.08. The molecule has 0 spiro atoms. The average Bonchev–Trinajstić information content (AvgIpc) is 1.90. The van der Waals surface area contributed by atoms with E-state index in [1.807, 2.05) is 19.8 Å². The highest BCUT2D eigenvalue weighted by Gasteiger charge is 2.10. The highest BCUT2D eigenvalue weighted by molar-refractivity contribution is 6.65. The van der Waals surface area contributed by atoms with Gasteiger partial charge in [0.2, 0.25) is 0 Å². The van der Waals surface area contributed by atoms with Gasteiger partial charge in [0.15, 0.2) is 0 Å². The van der Waals surface area contributed by atoms with Crippen LogP contribution in [0.4, 0.5) is 0 Å². The second-order valence-corrected chi connectivity index (χ2v) is 1.57. The van der Waals surface area contributed by atoms with Crippen LogP contribution in [0.5, 0.6) is 0 Å². The van der Waals surface area contributed by atoms with Gasteiger partial charge in [-0.25, -0.2) is 0 Å². The number of rotatable bonds is 1. The third-order valence-corrected chi connectivity index (χ3v) is 1.01. The van der Waals surface area contributed by atoms with Gasteiger partial charge in [-0.3, -0.25) is 0 Å². The fourth-order valence-electron chi connectivity index (χ4n) is 0.534. The van der Waals surface area contributed by atoms with Crippen LogP contribution in [-0.2, 0) is 0 Å². The highest BCUT2D eigenvalue weighted by atomic mass is 15.1. The summed E-state index contributed by atoms with van der Waals surface area (Å²) in [6, 6.07) is 0. The molecule has 0 aromatic carbocycles. The van der Waals surface area contributed by atoms with Crippen molar-refractivity contribution < 1.29 is 0 Å². The molecule has 1 rings (SSSR count). The van der Waals surface area contributed by atoms with E-state index in [0.717, 1.165) is 6.54 Å². The molecule has 2 N–H and O–H groups in total. The molecular weight excluding hydrogens is 98.5 g/mol. The van der Waals surface area contributed by atoms with Gasteiger partial charge in [0.25, 0.3) is 22.6 Å². The molecule has 0 aromatic heterocycles. The molecule has 1 saturated heterocycles. The van der Waals surface area contributed by atoms with E-state index in [1.165, 1.54) is 0 Å². The SMILES string of the molecule is CCN1[B]N[B]N[B]1. The van der Waals surface area contributed by atoms with E-state index in [2.05, 4.69) is 17.2 Å². The minimum Gasteiger partial charge on any atom is -0.379 e. The minimum atomic E-state index is 0.994. The predicted octanol–water partition coefficient (Wildman–Crippen LogP) is -1.90. The molecule has 0 atom stereocenters. The Bertz CT molecular complexity index is 63.5. The standard InChI is InChI=1S/C2H7B3N3/c1-2-8-4-6-3-7-5-8/h6-7H,2H2,1H3. The Balaban J connectivity index is 2.13. The zero-order chi connectivity index (χ0) is 5.82. The van der Waals surface area contributed by atoms with Gasteiger partial charge in [0, 0.05) is 0 Å². The minimum absolute atomic E-state index is 0.994. The molecular formula is C2H7B3N3. The average molecular weight is 106 g/mol. The van der Waals surface area contributed by atoms with E-state index in [1.54, 1.807) is 7.55 Å². The third-order valence-electron chi connectivity index (χ3n) is 1.01. The number of nitrogens with one attached hydrogen (secondary N) is 2. The van der Waals surface area contributed by atoms with Crippen LogP contribution in [0.1, 0.15) is 6.92 Å². The second kappa shape index (κ2) is 3.17. The first-order valence-electron chi connectivity index (χ1n) is 2.69. The van der Waals surface area contributed by atoms with Crippen LogP contribution < -0.4 is 10.3 Å². The maximum atomic E-state index is 2.92. The summed E-state index contributed by atoms with van der Waals surface area (Å²) in [5, 5.41) is 5.84. The van der Waals surface area contributed by atoms with Crippen LogP contribution in [0.2, 0.25) is 0 Å². The molecule has 1 fully saturated rings. The maximum absolute atomic E-state index is 2.92. The molecule has 1 heterocycles. The summed E-state index contributed by atoms with van der Waals surface area (Å²) in [7, 11) is 5.57. The Hall–Kier alpha value is 0.0748. The first-order valence-corrected chi connectivity index (χ1v) is 2.69. The van der Waals surface area contributed by atoms with Crippen LogP contribution in [0, 0.1) is 0 Å². The molecule has 0 saturated carbocycles. The molecule has 39 valence electrons. The number of nitrogens with zero attached hydrogens (tertiary/aromatic N) is 1. The van der Waals surface area contributed by atoms with Crippen LogP contribution in [-0.4, -0.2) is 33.9 Å². The van der Waals surface area contributed by atoms with Crippen molar-refractivity contribution in [3.05, 3.63) is 0 Å². The molecule has 0 bridgehead atoms. The van der Waals surface area contributed by atoms with Crippen LogP contribution >= 0.6 is 0 Å². The van der Waals surface area contributed by atoms with Crippen LogP contribution in [0.3, 0.4) is 0 Å². The van der Waals surface area contributed by atoms with Crippen LogP contribution in [0.25, 0.3) is 0 Å². The Kier molecular flexibility index (Phi) is 2.46. The molecule has 3 nitrogen and oxygen atoms in total. The molecule has 3 radical (unpaired) electrons. The van der Waals surface area contributed by atoms with Crippen LogP contribution in [0.15, 0.2) is 0 Å². The Morgan fingerprint density at radius 3 is 2.38 bits per heavy atom. The van der Waals surface area contributed by atoms with Gasteiger partial charge in [0.1, 0.15) is 0 Å². The summed E-state index contributed by atoms with van der Waals surface area (Å²) < 4.78 is 2.01. The van der Waals surface area contributed by atoms with Crippen molar-refractivity contribution in [2.45, 2.75) is 6.92 Å². The molecule has 0 aromatic rings.